The van der Waals surface area contributed by atoms with E-state index in [0.717, 1.165) is 46.6 Å². The van der Waals surface area contributed by atoms with Gasteiger partial charge in [-0.05, 0) is 267 Å². The van der Waals surface area contributed by atoms with Gasteiger partial charge in [0.05, 0.1) is 0 Å². The number of aryl methyl sites for hydroxylation is 4. The number of carbonyl (C=O) groups excluding carboxylic acids is 2. The van der Waals surface area contributed by atoms with Crippen LogP contribution in [0.3, 0.4) is 0 Å². The highest BCUT2D eigenvalue weighted by Crippen LogP contribution is 2.55. The number of ether oxygens (including phenoxy) is 2. The summed E-state index contributed by atoms with van der Waals surface area (Å²) in [6, 6.07) is 89.6. The molecule has 21 heteroatoms. The van der Waals surface area contributed by atoms with E-state index in [4.69, 9.17) is 9.47 Å². The van der Waals surface area contributed by atoms with Gasteiger partial charge in [0.25, 0.3) is 0 Å². The molecular weight excluding hydrogens is 2000 g/mol. The molecule has 0 N–H and O–H groups in total. The Bertz CT molecular complexity index is 6660. The Morgan fingerprint density at radius 2 is 0.358 bits per heavy atom. The molecule has 0 bridgehead atoms. The van der Waals surface area contributed by atoms with E-state index in [9.17, 15) is 9.59 Å². The number of carbonyl (C=O) groups is 2. The first-order valence-corrected chi connectivity index (χ1v) is 62.6. The topological polar surface area (TPSA) is 52.6 Å². The van der Waals surface area contributed by atoms with E-state index in [1.807, 2.05) is 243 Å². The fraction of sp³-hybridized carbons (Fsp3) is 0.293. The summed E-state index contributed by atoms with van der Waals surface area (Å²) < 4.78 is 11.4. The predicted molar refractivity (Wildman–Crippen MR) is 617 cm³/mol. The van der Waals surface area contributed by atoms with Gasteiger partial charge in [-0.2, -0.15) is 0 Å². The van der Waals surface area contributed by atoms with Crippen LogP contribution in [0.4, 0.5) is 0 Å². The van der Waals surface area contributed by atoms with E-state index >= 15 is 0 Å². The first kappa shape index (κ1) is 98.1. The average molecular weight is 2120 g/mol. The van der Waals surface area contributed by atoms with Crippen molar-refractivity contribution in [2.45, 2.75) is 221 Å². The largest absolute Gasteiger partial charge is 0.457 e. The van der Waals surface area contributed by atoms with Crippen LogP contribution in [-0.4, -0.2) is 11.9 Å². The summed E-state index contributed by atoms with van der Waals surface area (Å²) in [5.74, 6) is -0.547. The van der Waals surface area contributed by atoms with Crippen LogP contribution in [0.2, 0.25) is 0 Å². The molecule has 0 aliphatic rings. The smallest absolute Gasteiger partial charge is 0.348 e. The van der Waals surface area contributed by atoms with Crippen molar-refractivity contribution >= 4 is 205 Å². The molecule has 19 aromatic rings. The van der Waals surface area contributed by atoms with E-state index in [2.05, 4.69) is 198 Å². The summed E-state index contributed by atoms with van der Waals surface area (Å²) in [4.78, 5) is 69.9. The molecule has 0 spiro atoms. The molecule has 2 aromatic carbocycles. The molecule has 19 rings (SSSR count). The molecule has 702 valence electrons. The minimum absolute atomic E-state index is 0.267. The van der Waals surface area contributed by atoms with Gasteiger partial charge < -0.3 is 9.47 Å². The zero-order valence-corrected chi connectivity index (χ0v) is 91.8. The van der Waals surface area contributed by atoms with E-state index in [-0.39, 0.29) is 25.2 Å². The lowest BCUT2D eigenvalue weighted by molar-refractivity contribution is 0.0469. The van der Waals surface area contributed by atoms with Crippen molar-refractivity contribution in [3.05, 3.63) is 286 Å². The Kier molecular flexibility index (Phi) is 34.6. The molecule has 17 aromatic heterocycles. The van der Waals surface area contributed by atoms with E-state index < -0.39 is 0 Å². The maximum Gasteiger partial charge on any atom is 0.348 e. The van der Waals surface area contributed by atoms with Crippen molar-refractivity contribution in [1.82, 2.24) is 0 Å². The molecule has 0 amide bonds. The SMILES string of the molecule is CCCCCCCCc1cc(-c2ccc(-c3ccc(-c4cc(CCCCCCCC)c(-c5ccc(-c6ccc(-c7ccc(-c8ccc(-c9ccc(-c%10sc(-c%11ccc(-c%12ccc(-c%13cc(CCCCCCCC)c(-c%14ccc(-c%15ccc(C(=O)OCc%16ccccc%16)s%15)s%14)s%13)s%12)s%11)cc%10CCCCCCCC)s9)s8)s7)s6)s5)s4)s3)s2)sc1-c1ccc(-c2ccc(C(=O)OCc3ccccc3)s2)s1. The van der Waals surface area contributed by atoms with Crippen LogP contribution < -0.4 is 0 Å². The lowest BCUT2D eigenvalue weighted by atomic mass is 10.0. The second kappa shape index (κ2) is 48.4. The average Bonchev–Trinajstić information content (AvgIpc) is 1.63. The fourth-order valence-electron chi connectivity index (χ4n) is 17.5. The highest BCUT2D eigenvalue weighted by Gasteiger charge is 2.26. The van der Waals surface area contributed by atoms with Crippen LogP contribution in [0.1, 0.15) is 235 Å². The third-order valence-electron chi connectivity index (χ3n) is 24.9. The van der Waals surface area contributed by atoms with Gasteiger partial charge in [-0.15, -0.1) is 193 Å². The van der Waals surface area contributed by atoms with Gasteiger partial charge >= 0.3 is 11.9 Å². The zero-order chi connectivity index (χ0) is 93.2. The molecule has 17 heterocycles. The number of hydrogen-bond acceptors (Lipinski definition) is 21. The molecule has 0 aliphatic carbocycles. The van der Waals surface area contributed by atoms with Gasteiger partial charge in [0.1, 0.15) is 23.0 Å². The standard InChI is InChI=1S/C116H112O4S17/c1-5-9-13-17-21-31-39-77-69-107(97-53-49-85(124-97)87-51-55-99(126-87)109-71-79(41-33-23-19-15-11-7-3)113(136-109)103-65-59-93(130-103)95-61-67-105(132-95)115(117)119-73-75-35-27-25-28-36-75)134-111(77)101-63-57-91(128-101)89-47-45-83(122-89)81-43-44-82(121-81)84-46-48-90(123-84)92-58-64-102(129-92)112-78(40-32-22-18-14-10-6-2)70-108(135-112)98-54-50-86(125-98)88-52-56-100(127-88)110-72-80(42-34-24-20-16-12-8-4)114(137-110)104-66-60-94(131-104)96-62-68-106(133-96)116(118)120-74-76-37-29-26-30-38-76/h25-30,35-38,43-72H,5-24,31-34,39-42,73-74H2,1-4H3. The molecule has 4 nitrogen and oxygen atoms in total. The third kappa shape index (κ3) is 24.8. The minimum atomic E-state index is -0.274. The van der Waals surface area contributed by atoms with Crippen LogP contribution in [0.5, 0.6) is 0 Å². The summed E-state index contributed by atoms with van der Waals surface area (Å²) in [7, 11) is 0. The molecule has 0 atom stereocenters. The number of benzene rings is 2. The number of hydrogen-bond donors (Lipinski definition) is 0. The number of esters is 2. The highest BCUT2D eigenvalue weighted by molar-refractivity contribution is 7.35. The third-order valence-corrected chi connectivity index (χ3v) is 46.8. The van der Waals surface area contributed by atoms with Crippen molar-refractivity contribution in [3.63, 3.8) is 0 Å². The summed E-state index contributed by atoms with van der Waals surface area (Å²) >= 11 is 32.0. The molecule has 0 saturated heterocycles. The highest BCUT2D eigenvalue weighted by atomic mass is 32.2. The monoisotopic (exact) mass is 2110 g/mol. The number of thiophene rings is 17. The van der Waals surface area contributed by atoms with Gasteiger partial charge in [0, 0.05) is 156 Å². The van der Waals surface area contributed by atoms with Crippen molar-refractivity contribution in [2.24, 2.45) is 0 Å². The Morgan fingerprint density at radius 1 is 0.182 bits per heavy atom. The Labute approximate surface area is 876 Å². The van der Waals surface area contributed by atoms with Crippen molar-refractivity contribution in [2.75, 3.05) is 0 Å². The molecule has 0 radical (unpaired) electrons. The van der Waals surface area contributed by atoms with E-state index in [0.29, 0.717) is 9.75 Å². The Hall–Kier alpha value is -7.72. The minimum Gasteiger partial charge on any atom is -0.457 e. The van der Waals surface area contributed by atoms with Gasteiger partial charge in [-0.25, -0.2) is 9.59 Å². The zero-order valence-electron chi connectivity index (χ0n) is 77.9. The van der Waals surface area contributed by atoms with Gasteiger partial charge in [0.2, 0.25) is 0 Å². The second-order valence-electron chi connectivity index (χ2n) is 35.2. The van der Waals surface area contributed by atoms with Crippen molar-refractivity contribution in [1.29, 1.82) is 0 Å². The van der Waals surface area contributed by atoms with Crippen LogP contribution >= 0.6 is 193 Å². The number of rotatable bonds is 50. The quantitative estimate of drug-likeness (QED) is 0.0282. The van der Waals surface area contributed by atoms with Crippen LogP contribution in [0.15, 0.2) is 243 Å². The van der Waals surface area contributed by atoms with E-state index in [1.54, 1.807) is 0 Å². The van der Waals surface area contributed by atoms with Gasteiger partial charge in [-0.1, -0.05) is 217 Å². The number of unbranched alkanes of at least 4 members (excludes halogenated alkanes) is 20. The Morgan fingerprint density at radius 3 is 0.577 bits per heavy atom. The van der Waals surface area contributed by atoms with Crippen LogP contribution in [-0.2, 0) is 48.4 Å². The molecule has 0 fully saturated rings. The predicted octanol–water partition coefficient (Wildman–Crippen LogP) is 43.7. The van der Waals surface area contributed by atoms with Gasteiger partial charge in [0.15, 0.2) is 0 Å². The summed E-state index contributed by atoms with van der Waals surface area (Å²) in [5, 5.41) is 0. The van der Waals surface area contributed by atoms with E-state index in [1.165, 1.54) is 345 Å². The molecule has 0 unspecified atom stereocenters. The lowest BCUT2D eigenvalue weighted by Gasteiger charge is -2.03. The Balaban J connectivity index is 0.514. The lowest BCUT2D eigenvalue weighted by Crippen LogP contribution is -2.02. The van der Waals surface area contributed by atoms with Crippen molar-refractivity contribution in [3.8, 4) is 156 Å². The first-order chi connectivity index (χ1) is 67.5. The second-order valence-corrected chi connectivity index (χ2v) is 53.5. The van der Waals surface area contributed by atoms with Crippen molar-refractivity contribution < 1.29 is 19.1 Å². The maximum atomic E-state index is 13.2. The van der Waals surface area contributed by atoms with Crippen LogP contribution in [0.25, 0.3) is 156 Å². The summed E-state index contributed by atoms with van der Waals surface area (Å²) in [5.41, 5.74) is 7.86. The maximum absolute atomic E-state index is 13.2. The molecule has 0 aliphatic heterocycles. The van der Waals surface area contributed by atoms with Crippen LogP contribution in [0, 0.1) is 0 Å². The summed E-state index contributed by atoms with van der Waals surface area (Å²) in [6.45, 7) is 9.75. The molecule has 0 saturated carbocycles. The molecular formula is C116H112O4S17. The fourth-order valence-corrected chi connectivity index (χ4v) is 36.8. The van der Waals surface area contributed by atoms with Gasteiger partial charge in [-0.3, -0.25) is 0 Å². The first-order valence-electron chi connectivity index (χ1n) is 48.8. The normalized spacial score (nSPS) is 11.7. The summed E-state index contributed by atoms with van der Waals surface area (Å²) in [6.07, 6.45) is 35.1. The molecule has 137 heavy (non-hydrogen) atoms.